The smallest absolute Gasteiger partial charge is 0.371 e. The number of hydrogen-bond acceptors (Lipinski definition) is 6. The van der Waals surface area contributed by atoms with Crippen LogP contribution < -0.4 is 14.9 Å². The van der Waals surface area contributed by atoms with Crippen LogP contribution in [0.1, 0.15) is 49.1 Å². The summed E-state index contributed by atoms with van der Waals surface area (Å²) >= 11 is 0. The second-order valence-electron chi connectivity index (χ2n) is 8.31. The number of furan rings is 1. The van der Waals surface area contributed by atoms with E-state index < -0.39 is 5.97 Å². The molecule has 0 fully saturated rings. The van der Waals surface area contributed by atoms with Crippen LogP contribution in [0.15, 0.2) is 74.5 Å². The lowest BCUT2D eigenvalue weighted by atomic mass is 9.82. The Bertz CT molecular complexity index is 1340. The standard InChI is InChI=1S/C26H24O7/c1-4-26(2,3)16-5-7-17(8-6-16)32-23-15-31-22-13-18(9-11-20(22)24(23)27)30-14-19-10-12-21(33-19)25(28)29/h5-13,15H,4,14H2,1-3H3,(H,28,29). The Balaban J connectivity index is 1.49. The molecule has 0 aliphatic heterocycles. The van der Waals surface area contributed by atoms with E-state index in [0.717, 1.165) is 6.42 Å². The van der Waals surface area contributed by atoms with Crippen molar-refractivity contribution in [2.45, 2.75) is 39.2 Å². The number of carbonyl (C=O) groups is 1. The minimum Gasteiger partial charge on any atom is -0.486 e. The van der Waals surface area contributed by atoms with Crippen LogP contribution in [0.4, 0.5) is 0 Å². The van der Waals surface area contributed by atoms with Gasteiger partial charge in [0.2, 0.25) is 16.9 Å². The van der Waals surface area contributed by atoms with Crippen LogP contribution in [0.5, 0.6) is 17.2 Å². The van der Waals surface area contributed by atoms with Crippen molar-refractivity contribution >= 4 is 16.9 Å². The molecule has 0 radical (unpaired) electrons. The molecule has 0 atom stereocenters. The largest absolute Gasteiger partial charge is 0.486 e. The van der Waals surface area contributed by atoms with Crippen LogP contribution in [0.25, 0.3) is 11.0 Å². The number of hydrogen-bond donors (Lipinski definition) is 1. The van der Waals surface area contributed by atoms with Crippen molar-refractivity contribution in [1.82, 2.24) is 0 Å². The highest BCUT2D eigenvalue weighted by Gasteiger charge is 2.18. The lowest BCUT2D eigenvalue weighted by molar-refractivity contribution is 0.0658. The monoisotopic (exact) mass is 448 g/mol. The fourth-order valence-corrected chi connectivity index (χ4v) is 3.28. The van der Waals surface area contributed by atoms with Gasteiger partial charge in [-0.3, -0.25) is 4.79 Å². The lowest BCUT2D eigenvalue weighted by Gasteiger charge is -2.23. The maximum atomic E-state index is 12.9. The summed E-state index contributed by atoms with van der Waals surface area (Å²) < 4.78 is 22.2. The van der Waals surface area contributed by atoms with Gasteiger partial charge in [0.15, 0.2) is 0 Å². The average molecular weight is 448 g/mol. The minimum atomic E-state index is -1.15. The molecule has 0 aliphatic rings. The van der Waals surface area contributed by atoms with E-state index in [2.05, 4.69) is 20.8 Å². The molecule has 0 saturated carbocycles. The molecule has 0 bridgehead atoms. The predicted molar refractivity (Wildman–Crippen MR) is 122 cm³/mol. The number of fused-ring (bicyclic) bond motifs is 1. The van der Waals surface area contributed by atoms with E-state index in [1.807, 2.05) is 24.3 Å². The van der Waals surface area contributed by atoms with Gasteiger partial charge in [0.05, 0.1) is 5.39 Å². The first kappa shape index (κ1) is 22.2. The molecule has 33 heavy (non-hydrogen) atoms. The Morgan fingerprint density at radius 1 is 1.03 bits per heavy atom. The Kier molecular flexibility index (Phi) is 5.96. The zero-order chi connectivity index (χ0) is 23.6. The molecule has 4 rings (SSSR count). The molecule has 1 N–H and O–H groups in total. The maximum Gasteiger partial charge on any atom is 0.371 e. The first-order valence-electron chi connectivity index (χ1n) is 10.6. The quantitative estimate of drug-likeness (QED) is 0.345. The fourth-order valence-electron chi connectivity index (χ4n) is 3.28. The number of carboxylic acid groups (broad SMARTS) is 1. The van der Waals surface area contributed by atoms with Gasteiger partial charge in [0.1, 0.15) is 35.7 Å². The normalized spacial score (nSPS) is 11.5. The van der Waals surface area contributed by atoms with Gasteiger partial charge < -0.3 is 23.4 Å². The van der Waals surface area contributed by atoms with Crippen LogP contribution in [0.2, 0.25) is 0 Å². The maximum absolute atomic E-state index is 12.9. The van der Waals surface area contributed by atoms with Gasteiger partial charge in [-0.25, -0.2) is 4.79 Å². The van der Waals surface area contributed by atoms with Crippen LogP contribution in [-0.2, 0) is 12.0 Å². The van der Waals surface area contributed by atoms with Crippen molar-refractivity contribution < 1.29 is 28.2 Å². The second kappa shape index (κ2) is 8.86. The topological polar surface area (TPSA) is 99.1 Å². The molecule has 170 valence electrons. The Labute approximate surface area is 190 Å². The van der Waals surface area contributed by atoms with Crippen LogP contribution in [0, 0.1) is 0 Å². The molecule has 2 aromatic heterocycles. The number of aromatic carboxylic acids is 1. The van der Waals surface area contributed by atoms with E-state index in [9.17, 15) is 9.59 Å². The molecule has 4 aromatic rings. The fraction of sp³-hybridized carbons (Fsp3) is 0.231. The lowest BCUT2D eigenvalue weighted by Crippen LogP contribution is -2.15. The Hall–Kier alpha value is -4.00. The van der Waals surface area contributed by atoms with E-state index >= 15 is 0 Å². The molecule has 2 heterocycles. The summed E-state index contributed by atoms with van der Waals surface area (Å²) in [6.45, 7) is 6.55. The first-order chi connectivity index (χ1) is 15.8. The molecule has 7 nitrogen and oxygen atoms in total. The van der Waals surface area contributed by atoms with Gasteiger partial charge in [0, 0.05) is 6.07 Å². The van der Waals surface area contributed by atoms with Crippen molar-refractivity contribution in [3.63, 3.8) is 0 Å². The number of ether oxygens (including phenoxy) is 2. The number of carboxylic acids is 1. The summed E-state index contributed by atoms with van der Waals surface area (Å²) in [6, 6.07) is 15.4. The molecule has 0 saturated heterocycles. The molecule has 0 aliphatic carbocycles. The summed E-state index contributed by atoms with van der Waals surface area (Å²) in [7, 11) is 0. The zero-order valence-corrected chi connectivity index (χ0v) is 18.6. The summed E-state index contributed by atoms with van der Waals surface area (Å²) in [5.41, 5.74) is 1.31. The van der Waals surface area contributed by atoms with Gasteiger partial charge in [-0.15, -0.1) is 0 Å². The highest BCUT2D eigenvalue weighted by molar-refractivity contribution is 5.84. The van der Waals surface area contributed by atoms with Crippen molar-refractivity contribution in [3.8, 4) is 17.2 Å². The molecular weight excluding hydrogens is 424 g/mol. The summed E-state index contributed by atoms with van der Waals surface area (Å²) in [4.78, 5) is 23.8. The van der Waals surface area contributed by atoms with Crippen molar-refractivity contribution in [2.24, 2.45) is 0 Å². The summed E-state index contributed by atoms with van der Waals surface area (Å²) in [5, 5.41) is 9.27. The van der Waals surface area contributed by atoms with Gasteiger partial charge in [0.25, 0.3) is 0 Å². The van der Waals surface area contributed by atoms with Crippen LogP contribution >= 0.6 is 0 Å². The highest BCUT2D eigenvalue weighted by atomic mass is 16.5. The number of rotatable bonds is 8. The van der Waals surface area contributed by atoms with Gasteiger partial charge in [-0.1, -0.05) is 32.9 Å². The predicted octanol–water partition coefficient (Wildman–Crippen LogP) is 6.14. The van der Waals surface area contributed by atoms with E-state index in [1.165, 1.54) is 24.0 Å². The molecule has 0 amide bonds. The second-order valence-corrected chi connectivity index (χ2v) is 8.31. The summed E-state index contributed by atoms with van der Waals surface area (Å²) in [5.74, 6) is 0.154. The van der Waals surface area contributed by atoms with Crippen LogP contribution in [0.3, 0.4) is 0 Å². The molecule has 7 heteroatoms. The molecule has 0 spiro atoms. The Morgan fingerprint density at radius 3 is 2.42 bits per heavy atom. The first-order valence-corrected chi connectivity index (χ1v) is 10.6. The zero-order valence-electron chi connectivity index (χ0n) is 18.6. The van der Waals surface area contributed by atoms with Crippen molar-refractivity contribution in [1.29, 1.82) is 0 Å². The molecule has 0 unspecified atom stereocenters. The molecular formula is C26H24O7. The third-order valence-electron chi connectivity index (χ3n) is 5.72. The number of benzene rings is 2. The van der Waals surface area contributed by atoms with Crippen molar-refractivity contribution in [2.75, 3.05) is 0 Å². The van der Waals surface area contributed by atoms with E-state index in [1.54, 1.807) is 18.2 Å². The summed E-state index contributed by atoms with van der Waals surface area (Å²) in [6.07, 6.45) is 2.29. The molecule has 2 aromatic carbocycles. The third-order valence-corrected chi connectivity index (χ3v) is 5.72. The van der Waals surface area contributed by atoms with E-state index in [-0.39, 0.29) is 29.0 Å². The minimum absolute atomic E-state index is 0.0368. The average Bonchev–Trinajstić information content (AvgIpc) is 3.29. The Morgan fingerprint density at radius 2 is 1.76 bits per heavy atom. The van der Waals surface area contributed by atoms with E-state index in [0.29, 0.717) is 28.2 Å². The SMILES string of the molecule is CCC(C)(C)c1ccc(Oc2coc3cc(OCc4ccc(C(=O)O)o4)ccc3c2=O)cc1. The third kappa shape index (κ3) is 4.77. The van der Waals surface area contributed by atoms with Crippen molar-refractivity contribution in [3.05, 3.63) is 88.2 Å². The highest BCUT2D eigenvalue weighted by Crippen LogP contribution is 2.30. The van der Waals surface area contributed by atoms with Crippen LogP contribution in [-0.4, -0.2) is 11.1 Å². The van der Waals surface area contributed by atoms with Gasteiger partial charge >= 0.3 is 5.97 Å². The van der Waals surface area contributed by atoms with E-state index in [4.69, 9.17) is 23.4 Å². The van der Waals surface area contributed by atoms with Gasteiger partial charge in [-0.2, -0.15) is 0 Å². The van der Waals surface area contributed by atoms with Gasteiger partial charge in [-0.05, 0) is 53.8 Å².